The van der Waals surface area contributed by atoms with Crippen LogP contribution in [-0.2, 0) is 4.84 Å². The molecule has 0 saturated heterocycles. The number of hydrogen-bond donors (Lipinski definition) is 1. The molecule has 0 radical (unpaired) electrons. The van der Waals surface area contributed by atoms with E-state index in [1.165, 1.54) is 19.4 Å². The molecule has 0 aliphatic heterocycles. The molecule has 1 N–H and O–H groups in total. The highest BCUT2D eigenvalue weighted by atomic mass is 35.5. The number of hydrogen-bond acceptors (Lipinski definition) is 3. The van der Waals surface area contributed by atoms with Gasteiger partial charge in [-0.2, -0.15) is 0 Å². The van der Waals surface area contributed by atoms with Gasteiger partial charge in [0.05, 0.1) is 10.5 Å². The summed E-state index contributed by atoms with van der Waals surface area (Å²) < 4.78 is 1.08. The molecule has 1 aromatic rings. The molecule has 0 bridgehead atoms. The Bertz CT molecular complexity index is 321. The monoisotopic (exact) mass is 201 g/mol. The standard InChI is InChI=1S/C8H9ClN2O2/c1-6(11(9)13-2)8-4-3-7(12)5-10-8/h3-5H,1-2H3/p+1. The van der Waals surface area contributed by atoms with Crippen molar-refractivity contribution in [2.24, 2.45) is 0 Å². The molecule has 0 aliphatic carbocycles. The lowest BCUT2D eigenvalue weighted by Gasteiger charge is -1.95. The Morgan fingerprint density at radius 3 is 2.77 bits per heavy atom. The zero-order valence-electron chi connectivity index (χ0n) is 7.36. The van der Waals surface area contributed by atoms with E-state index in [9.17, 15) is 0 Å². The molecule has 70 valence electrons. The zero-order chi connectivity index (χ0) is 9.84. The highest BCUT2D eigenvalue weighted by molar-refractivity contribution is 6.10. The second-order valence-electron chi connectivity index (χ2n) is 2.41. The smallest absolute Gasteiger partial charge is 0.319 e. The van der Waals surface area contributed by atoms with Crippen molar-refractivity contribution >= 4 is 17.5 Å². The fourth-order valence-electron chi connectivity index (χ4n) is 0.827. The quantitative estimate of drug-likeness (QED) is 0.446. The summed E-state index contributed by atoms with van der Waals surface area (Å²) in [6.45, 7) is 1.76. The van der Waals surface area contributed by atoms with E-state index in [0.717, 1.165) is 4.26 Å². The van der Waals surface area contributed by atoms with E-state index in [2.05, 4.69) is 4.98 Å². The summed E-state index contributed by atoms with van der Waals surface area (Å²) in [5.41, 5.74) is 1.30. The van der Waals surface area contributed by atoms with Crippen molar-refractivity contribution in [2.45, 2.75) is 6.92 Å². The van der Waals surface area contributed by atoms with Crippen LogP contribution in [-0.4, -0.2) is 27.2 Å². The third kappa shape index (κ3) is 2.32. The summed E-state index contributed by atoms with van der Waals surface area (Å²) in [6.07, 6.45) is 1.35. The lowest BCUT2D eigenvalue weighted by molar-refractivity contribution is -0.672. The molecule has 0 unspecified atom stereocenters. The summed E-state index contributed by atoms with van der Waals surface area (Å²) in [5.74, 6) is 0.120. The van der Waals surface area contributed by atoms with Gasteiger partial charge in [-0.3, -0.25) is 4.84 Å². The van der Waals surface area contributed by atoms with Crippen LogP contribution in [0.15, 0.2) is 18.3 Å². The second kappa shape index (κ2) is 4.09. The van der Waals surface area contributed by atoms with Gasteiger partial charge in [-0.1, -0.05) is 0 Å². The summed E-state index contributed by atoms with van der Waals surface area (Å²) in [4.78, 5) is 8.71. The first-order chi connectivity index (χ1) is 6.15. The zero-order valence-corrected chi connectivity index (χ0v) is 8.12. The van der Waals surface area contributed by atoms with Crippen LogP contribution in [0.25, 0.3) is 0 Å². The van der Waals surface area contributed by atoms with E-state index in [1.54, 1.807) is 13.0 Å². The van der Waals surface area contributed by atoms with Gasteiger partial charge in [-0.25, -0.2) is 4.98 Å². The minimum atomic E-state index is 0.120. The summed E-state index contributed by atoms with van der Waals surface area (Å²) in [5, 5.41) is 8.98. The molecule has 1 rings (SSSR count). The average Bonchev–Trinajstić information content (AvgIpc) is 2.17. The van der Waals surface area contributed by atoms with Gasteiger partial charge in [0.2, 0.25) is 0 Å². The first-order valence-electron chi connectivity index (χ1n) is 3.64. The number of pyridine rings is 1. The Kier molecular flexibility index (Phi) is 3.08. The van der Waals surface area contributed by atoms with Gasteiger partial charge in [0, 0.05) is 6.92 Å². The van der Waals surface area contributed by atoms with Crippen LogP contribution in [0.2, 0.25) is 0 Å². The van der Waals surface area contributed by atoms with Gasteiger partial charge in [0.15, 0.2) is 7.11 Å². The molecule has 0 aliphatic rings. The molecule has 0 fully saturated rings. The molecule has 0 saturated carbocycles. The van der Waals surface area contributed by atoms with Crippen LogP contribution in [0.1, 0.15) is 12.6 Å². The number of aromatic nitrogens is 1. The number of halogens is 1. The number of rotatable bonds is 2. The van der Waals surface area contributed by atoms with Crippen LogP contribution >= 0.6 is 11.8 Å². The normalized spacial score (nSPS) is 12.2. The minimum Gasteiger partial charge on any atom is -0.506 e. The Morgan fingerprint density at radius 2 is 2.31 bits per heavy atom. The van der Waals surface area contributed by atoms with Crippen molar-refractivity contribution in [3.8, 4) is 5.75 Å². The van der Waals surface area contributed by atoms with Gasteiger partial charge < -0.3 is 5.11 Å². The number of nitrogens with zero attached hydrogens (tertiary/aromatic N) is 2. The largest absolute Gasteiger partial charge is 0.506 e. The SMILES string of the molecule is CO[N+](Cl)=C(C)c1ccc(O)cn1. The Labute approximate surface area is 81.1 Å². The predicted molar refractivity (Wildman–Crippen MR) is 48.8 cm³/mol. The summed E-state index contributed by atoms with van der Waals surface area (Å²) in [6, 6.07) is 3.19. The van der Waals surface area contributed by atoms with Gasteiger partial charge >= 0.3 is 11.8 Å². The van der Waals surface area contributed by atoms with Crippen molar-refractivity contribution in [1.82, 2.24) is 4.98 Å². The van der Waals surface area contributed by atoms with Crippen LogP contribution in [0, 0.1) is 0 Å². The van der Waals surface area contributed by atoms with Crippen molar-refractivity contribution in [3.05, 3.63) is 24.0 Å². The van der Waals surface area contributed by atoms with E-state index in [0.29, 0.717) is 11.4 Å². The first kappa shape index (κ1) is 9.80. The van der Waals surface area contributed by atoms with Crippen LogP contribution in [0.3, 0.4) is 0 Å². The molecule has 13 heavy (non-hydrogen) atoms. The maximum absolute atomic E-state index is 8.98. The molecule has 4 nitrogen and oxygen atoms in total. The second-order valence-corrected chi connectivity index (χ2v) is 2.72. The molecule has 1 heterocycles. The Balaban J connectivity index is 3.02. The molecule has 1 aromatic heterocycles. The maximum Gasteiger partial charge on any atom is 0.319 e. The average molecular weight is 202 g/mol. The van der Waals surface area contributed by atoms with Crippen molar-refractivity contribution in [3.63, 3.8) is 0 Å². The minimum absolute atomic E-state index is 0.120. The molecule has 0 spiro atoms. The highest BCUT2D eigenvalue weighted by Gasteiger charge is 2.13. The van der Waals surface area contributed by atoms with E-state index in [4.69, 9.17) is 21.7 Å². The van der Waals surface area contributed by atoms with Crippen LogP contribution < -0.4 is 0 Å². The topological polar surface area (TPSA) is 45.4 Å². The fourth-order valence-corrected chi connectivity index (χ4v) is 0.914. The van der Waals surface area contributed by atoms with Crippen molar-refractivity contribution in [2.75, 3.05) is 7.11 Å². The lowest BCUT2D eigenvalue weighted by Crippen LogP contribution is -2.11. The van der Waals surface area contributed by atoms with Gasteiger partial charge in [0.25, 0.3) is 5.71 Å². The third-order valence-corrected chi connectivity index (χ3v) is 1.93. The molecular formula is C8H10ClN2O2+. The van der Waals surface area contributed by atoms with E-state index < -0.39 is 0 Å². The molecule has 0 atom stereocenters. The summed E-state index contributed by atoms with van der Waals surface area (Å²) >= 11 is 5.66. The van der Waals surface area contributed by atoms with Crippen molar-refractivity contribution in [1.29, 1.82) is 0 Å². The van der Waals surface area contributed by atoms with Gasteiger partial charge in [-0.05, 0) is 12.1 Å². The van der Waals surface area contributed by atoms with Gasteiger partial charge in [0.1, 0.15) is 11.4 Å². The summed E-state index contributed by atoms with van der Waals surface area (Å²) in [7, 11) is 1.46. The van der Waals surface area contributed by atoms with E-state index >= 15 is 0 Å². The van der Waals surface area contributed by atoms with Gasteiger partial charge in [-0.15, -0.1) is 0 Å². The van der Waals surface area contributed by atoms with Crippen LogP contribution in [0.5, 0.6) is 5.75 Å². The molecule has 0 aromatic carbocycles. The first-order valence-corrected chi connectivity index (χ1v) is 3.98. The number of aromatic hydroxyl groups is 1. The van der Waals surface area contributed by atoms with E-state index in [-0.39, 0.29) is 5.75 Å². The molecule has 5 heteroatoms. The van der Waals surface area contributed by atoms with Crippen LogP contribution in [0.4, 0.5) is 0 Å². The lowest BCUT2D eigenvalue weighted by atomic mass is 10.2. The maximum atomic E-state index is 8.98. The predicted octanol–water partition coefficient (Wildman–Crippen LogP) is 1.32. The van der Waals surface area contributed by atoms with Crippen molar-refractivity contribution < 1.29 is 14.2 Å². The Hall–Kier alpha value is -1.29. The third-order valence-electron chi connectivity index (χ3n) is 1.54. The molecular weight excluding hydrogens is 192 g/mol. The Morgan fingerprint density at radius 1 is 1.62 bits per heavy atom. The fraction of sp³-hybridized carbons (Fsp3) is 0.250. The van der Waals surface area contributed by atoms with E-state index in [1.807, 2.05) is 0 Å². The molecule has 0 amide bonds. The highest BCUT2D eigenvalue weighted by Crippen LogP contribution is 2.07.